The Balaban J connectivity index is 2.70. The van der Waals surface area contributed by atoms with Crippen LogP contribution in [0.15, 0.2) is 0 Å². The molecular formula is C8H18N2O4S. The number of hydrogen-bond donors (Lipinski definition) is 2. The summed E-state index contributed by atoms with van der Waals surface area (Å²) in [6.07, 6.45) is 0. The van der Waals surface area contributed by atoms with Crippen molar-refractivity contribution in [1.29, 1.82) is 0 Å². The molecule has 1 unspecified atom stereocenters. The molecule has 1 atom stereocenters. The average Bonchev–Trinajstić information content (AvgIpc) is 2.19. The van der Waals surface area contributed by atoms with Gasteiger partial charge in [-0.05, 0) is 6.92 Å². The van der Waals surface area contributed by atoms with Gasteiger partial charge in [0.1, 0.15) is 0 Å². The second-order valence-electron chi connectivity index (χ2n) is 3.32. The standard InChI is InChI=1S/C8H18N2O4S/c1-2-14-15(12,13)8-7-9-3-4-10(8)5-6-11/h8-9,11H,2-7H2,1H3. The van der Waals surface area contributed by atoms with Crippen molar-refractivity contribution in [3.63, 3.8) is 0 Å². The zero-order valence-electron chi connectivity index (χ0n) is 8.85. The third-order valence-corrected chi connectivity index (χ3v) is 4.00. The van der Waals surface area contributed by atoms with Gasteiger partial charge in [-0.2, -0.15) is 8.42 Å². The van der Waals surface area contributed by atoms with Gasteiger partial charge in [-0.15, -0.1) is 0 Å². The van der Waals surface area contributed by atoms with Crippen LogP contribution >= 0.6 is 0 Å². The summed E-state index contributed by atoms with van der Waals surface area (Å²) in [4.78, 5) is 1.72. The molecule has 2 N–H and O–H groups in total. The molecule has 1 aliphatic rings. The van der Waals surface area contributed by atoms with E-state index < -0.39 is 15.5 Å². The van der Waals surface area contributed by atoms with Crippen LogP contribution in [0.2, 0.25) is 0 Å². The molecule has 1 aliphatic heterocycles. The van der Waals surface area contributed by atoms with E-state index >= 15 is 0 Å². The van der Waals surface area contributed by atoms with Gasteiger partial charge in [0.25, 0.3) is 10.1 Å². The Morgan fingerprint density at radius 1 is 1.60 bits per heavy atom. The quantitative estimate of drug-likeness (QED) is 0.572. The molecular weight excluding hydrogens is 220 g/mol. The first-order chi connectivity index (χ1) is 7.11. The van der Waals surface area contributed by atoms with Gasteiger partial charge in [-0.3, -0.25) is 9.08 Å². The van der Waals surface area contributed by atoms with Gasteiger partial charge in [0.2, 0.25) is 0 Å². The molecule has 1 rings (SSSR count). The lowest BCUT2D eigenvalue weighted by atomic mass is 10.3. The number of aliphatic hydroxyl groups is 1. The molecule has 0 saturated carbocycles. The Bertz CT molecular complexity index is 278. The number of hydrogen-bond acceptors (Lipinski definition) is 6. The first-order valence-corrected chi connectivity index (χ1v) is 6.53. The molecule has 7 heteroatoms. The zero-order chi connectivity index (χ0) is 11.3. The van der Waals surface area contributed by atoms with E-state index in [1.54, 1.807) is 11.8 Å². The van der Waals surface area contributed by atoms with Gasteiger partial charge in [-0.1, -0.05) is 0 Å². The minimum atomic E-state index is -3.55. The Morgan fingerprint density at radius 2 is 2.33 bits per heavy atom. The fourth-order valence-corrected chi connectivity index (χ4v) is 3.02. The highest BCUT2D eigenvalue weighted by Crippen LogP contribution is 2.11. The fourth-order valence-electron chi connectivity index (χ4n) is 1.63. The van der Waals surface area contributed by atoms with Crippen molar-refractivity contribution in [2.45, 2.75) is 12.3 Å². The predicted molar refractivity (Wildman–Crippen MR) is 55.9 cm³/mol. The lowest BCUT2D eigenvalue weighted by Gasteiger charge is -2.34. The minimum absolute atomic E-state index is 0.0435. The van der Waals surface area contributed by atoms with Gasteiger partial charge in [-0.25, -0.2) is 0 Å². The number of β-amino-alcohol motifs (C(OH)–C–C–N with tert-alkyl or cyclic N) is 1. The Kier molecular flexibility index (Phi) is 4.94. The number of nitrogens with one attached hydrogen (secondary N) is 1. The second-order valence-corrected chi connectivity index (χ2v) is 5.08. The molecule has 0 aromatic rings. The summed E-state index contributed by atoms with van der Waals surface area (Å²) in [7, 11) is -3.55. The van der Waals surface area contributed by atoms with Crippen LogP contribution in [0.3, 0.4) is 0 Å². The molecule has 0 aromatic carbocycles. The summed E-state index contributed by atoms with van der Waals surface area (Å²) in [5.74, 6) is 0. The second kappa shape index (κ2) is 5.76. The van der Waals surface area contributed by atoms with E-state index in [-0.39, 0.29) is 13.2 Å². The Hall–Kier alpha value is -0.210. The highest BCUT2D eigenvalue weighted by molar-refractivity contribution is 7.87. The highest BCUT2D eigenvalue weighted by Gasteiger charge is 2.33. The normalized spacial score (nSPS) is 24.3. The fraction of sp³-hybridized carbons (Fsp3) is 1.00. The smallest absolute Gasteiger partial charge is 0.285 e. The van der Waals surface area contributed by atoms with Gasteiger partial charge in [0.15, 0.2) is 5.37 Å². The summed E-state index contributed by atoms with van der Waals surface area (Å²) in [5.41, 5.74) is 0. The topological polar surface area (TPSA) is 78.9 Å². The van der Waals surface area contributed by atoms with E-state index in [1.807, 2.05) is 0 Å². The Labute approximate surface area is 90.3 Å². The van der Waals surface area contributed by atoms with Crippen molar-refractivity contribution in [2.75, 3.05) is 39.4 Å². The van der Waals surface area contributed by atoms with Crippen molar-refractivity contribution in [2.24, 2.45) is 0 Å². The molecule has 0 aromatic heterocycles. The van der Waals surface area contributed by atoms with Crippen molar-refractivity contribution in [1.82, 2.24) is 10.2 Å². The first kappa shape index (κ1) is 12.9. The van der Waals surface area contributed by atoms with E-state index in [9.17, 15) is 8.42 Å². The lowest BCUT2D eigenvalue weighted by Crippen LogP contribution is -2.55. The summed E-state index contributed by atoms with van der Waals surface area (Å²) < 4.78 is 28.1. The predicted octanol–water partition coefficient (Wildman–Crippen LogP) is -1.42. The van der Waals surface area contributed by atoms with E-state index in [4.69, 9.17) is 9.29 Å². The van der Waals surface area contributed by atoms with E-state index in [0.717, 1.165) is 6.54 Å². The molecule has 0 amide bonds. The van der Waals surface area contributed by atoms with Crippen LogP contribution in [-0.2, 0) is 14.3 Å². The van der Waals surface area contributed by atoms with Crippen LogP contribution in [-0.4, -0.2) is 63.2 Å². The maximum Gasteiger partial charge on any atom is 0.285 e. The minimum Gasteiger partial charge on any atom is -0.395 e. The van der Waals surface area contributed by atoms with Crippen LogP contribution < -0.4 is 5.32 Å². The van der Waals surface area contributed by atoms with Crippen LogP contribution in [0.1, 0.15) is 6.92 Å². The molecule has 0 aliphatic carbocycles. The number of piperazine rings is 1. The number of rotatable bonds is 5. The summed E-state index contributed by atoms with van der Waals surface area (Å²) in [5, 5.41) is 11.2. The van der Waals surface area contributed by atoms with Crippen LogP contribution in [0.25, 0.3) is 0 Å². The van der Waals surface area contributed by atoms with E-state index in [2.05, 4.69) is 5.32 Å². The number of aliphatic hydroxyl groups excluding tert-OH is 1. The SMILES string of the molecule is CCOS(=O)(=O)C1CNCCN1CCO. The van der Waals surface area contributed by atoms with Gasteiger partial charge in [0.05, 0.1) is 13.2 Å². The molecule has 1 heterocycles. The van der Waals surface area contributed by atoms with Crippen molar-refractivity contribution in [3.05, 3.63) is 0 Å². The zero-order valence-corrected chi connectivity index (χ0v) is 9.66. The van der Waals surface area contributed by atoms with E-state index in [1.165, 1.54) is 0 Å². The van der Waals surface area contributed by atoms with Crippen LogP contribution in [0.5, 0.6) is 0 Å². The summed E-state index contributed by atoms with van der Waals surface area (Å²) >= 11 is 0. The summed E-state index contributed by atoms with van der Waals surface area (Å²) in [6.45, 7) is 3.80. The lowest BCUT2D eigenvalue weighted by molar-refractivity contribution is 0.153. The van der Waals surface area contributed by atoms with Crippen molar-refractivity contribution < 1.29 is 17.7 Å². The maximum atomic E-state index is 11.7. The molecule has 6 nitrogen and oxygen atoms in total. The van der Waals surface area contributed by atoms with Gasteiger partial charge < -0.3 is 10.4 Å². The molecule has 0 bridgehead atoms. The first-order valence-electron chi connectivity index (χ1n) is 5.05. The number of nitrogens with zero attached hydrogens (tertiary/aromatic N) is 1. The molecule has 0 spiro atoms. The van der Waals surface area contributed by atoms with Crippen LogP contribution in [0, 0.1) is 0 Å². The summed E-state index contributed by atoms with van der Waals surface area (Å²) in [6, 6.07) is 0. The molecule has 90 valence electrons. The van der Waals surface area contributed by atoms with E-state index in [0.29, 0.717) is 19.6 Å². The highest BCUT2D eigenvalue weighted by atomic mass is 32.2. The van der Waals surface area contributed by atoms with Gasteiger partial charge >= 0.3 is 0 Å². The largest absolute Gasteiger partial charge is 0.395 e. The third kappa shape index (κ3) is 3.39. The van der Waals surface area contributed by atoms with Crippen LogP contribution in [0.4, 0.5) is 0 Å². The van der Waals surface area contributed by atoms with Gasteiger partial charge in [0, 0.05) is 26.2 Å². The maximum absolute atomic E-state index is 11.7. The molecule has 15 heavy (non-hydrogen) atoms. The molecule has 0 radical (unpaired) electrons. The monoisotopic (exact) mass is 238 g/mol. The molecule has 1 fully saturated rings. The Morgan fingerprint density at radius 3 is 2.93 bits per heavy atom. The average molecular weight is 238 g/mol. The van der Waals surface area contributed by atoms with Crippen molar-refractivity contribution in [3.8, 4) is 0 Å². The van der Waals surface area contributed by atoms with Crippen molar-refractivity contribution >= 4 is 10.1 Å². The molecule has 1 saturated heterocycles. The third-order valence-electron chi connectivity index (χ3n) is 2.30.